The molecular formula is C19H23N3O4S. The fourth-order valence-electron chi connectivity index (χ4n) is 2.18. The summed E-state index contributed by atoms with van der Waals surface area (Å²) in [6.45, 7) is 3.83. The van der Waals surface area contributed by atoms with Gasteiger partial charge in [-0.3, -0.25) is 15.6 Å². The van der Waals surface area contributed by atoms with Gasteiger partial charge >= 0.3 is 0 Å². The number of hydrazine groups is 1. The van der Waals surface area contributed by atoms with Crippen LogP contribution in [0.5, 0.6) is 17.2 Å². The number of methoxy groups -OCH3 is 2. The molecule has 0 fully saturated rings. The first kappa shape index (κ1) is 20.3. The molecule has 8 heteroatoms. The van der Waals surface area contributed by atoms with Crippen molar-refractivity contribution >= 4 is 28.9 Å². The highest BCUT2D eigenvalue weighted by atomic mass is 32.1. The summed E-state index contributed by atoms with van der Waals surface area (Å²) in [6, 6.07) is 12.2. The molecule has 3 N–H and O–H groups in total. The van der Waals surface area contributed by atoms with Gasteiger partial charge in [-0.05, 0) is 68.5 Å². The Balaban J connectivity index is 1.93. The molecule has 0 saturated heterocycles. The fraction of sp³-hybridized carbons (Fsp3) is 0.263. The van der Waals surface area contributed by atoms with Gasteiger partial charge in [-0.15, -0.1) is 0 Å². The second kappa shape index (κ2) is 9.63. The number of anilines is 1. The van der Waals surface area contributed by atoms with Crippen LogP contribution in [0.4, 0.5) is 5.69 Å². The molecule has 1 amide bonds. The highest BCUT2D eigenvalue weighted by Gasteiger charge is 2.12. The molecule has 0 atom stereocenters. The molecule has 0 heterocycles. The molecule has 0 aliphatic carbocycles. The van der Waals surface area contributed by atoms with Crippen molar-refractivity contribution in [2.45, 2.75) is 20.0 Å². The number of thiocarbonyl (C=S) groups is 1. The van der Waals surface area contributed by atoms with Crippen molar-refractivity contribution in [1.29, 1.82) is 0 Å². The molecular weight excluding hydrogens is 366 g/mol. The Bertz CT molecular complexity index is 794. The van der Waals surface area contributed by atoms with E-state index in [-0.39, 0.29) is 17.1 Å². The highest BCUT2D eigenvalue weighted by molar-refractivity contribution is 7.80. The van der Waals surface area contributed by atoms with E-state index in [0.717, 1.165) is 11.4 Å². The molecule has 0 radical (unpaired) electrons. The molecule has 0 aliphatic rings. The number of rotatable bonds is 6. The lowest BCUT2D eigenvalue weighted by Gasteiger charge is -2.15. The number of nitrogens with one attached hydrogen (secondary N) is 3. The first-order valence-electron chi connectivity index (χ1n) is 8.29. The summed E-state index contributed by atoms with van der Waals surface area (Å²) in [6.07, 6.45) is 0.00152. The van der Waals surface area contributed by atoms with Crippen LogP contribution in [-0.2, 0) is 0 Å². The second-order valence-corrected chi connectivity index (χ2v) is 6.20. The minimum absolute atomic E-state index is 0.00152. The van der Waals surface area contributed by atoms with Gasteiger partial charge in [0.1, 0.15) is 5.75 Å². The van der Waals surface area contributed by atoms with Crippen LogP contribution in [-0.4, -0.2) is 31.3 Å². The topological polar surface area (TPSA) is 80.9 Å². The number of ether oxygens (including phenoxy) is 3. The zero-order valence-electron chi connectivity index (χ0n) is 15.7. The van der Waals surface area contributed by atoms with E-state index in [9.17, 15) is 4.79 Å². The normalized spacial score (nSPS) is 10.1. The maximum absolute atomic E-state index is 12.3. The summed E-state index contributed by atoms with van der Waals surface area (Å²) in [5.74, 6) is 1.44. The van der Waals surface area contributed by atoms with Crippen LogP contribution in [0.2, 0.25) is 0 Å². The van der Waals surface area contributed by atoms with Crippen molar-refractivity contribution < 1.29 is 19.0 Å². The predicted octanol–water partition coefficient (Wildman–Crippen LogP) is 3.12. The predicted molar refractivity (Wildman–Crippen MR) is 109 cm³/mol. The van der Waals surface area contributed by atoms with Gasteiger partial charge in [-0.25, -0.2) is 0 Å². The lowest BCUT2D eigenvalue weighted by atomic mass is 10.2. The third kappa shape index (κ3) is 6.03. The monoisotopic (exact) mass is 389 g/mol. The van der Waals surface area contributed by atoms with Gasteiger partial charge in [0, 0.05) is 11.3 Å². The van der Waals surface area contributed by atoms with Gasteiger partial charge in [-0.2, -0.15) is 0 Å². The Kier molecular flexibility index (Phi) is 7.25. The lowest BCUT2D eigenvalue weighted by molar-refractivity contribution is 0.0943. The van der Waals surface area contributed by atoms with Gasteiger partial charge in [0.2, 0.25) is 0 Å². The van der Waals surface area contributed by atoms with E-state index in [0.29, 0.717) is 17.1 Å². The van der Waals surface area contributed by atoms with Crippen molar-refractivity contribution in [3.05, 3.63) is 48.0 Å². The van der Waals surface area contributed by atoms with Crippen LogP contribution in [0.3, 0.4) is 0 Å². The largest absolute Gasteiger partial charge is 0.497 e. The summed E-state index contributed by atoms with van der Waals surface area (Å²) in [4.78, 5) is 12.3. The van der Waals surface area contributed by atoms with E-state index in [4.69, 9.17) is 26.4 Å². The number of carbonyl (C=O) groups excluding carboxylic acids is 1. The zero-order chi connectivity index (χ0) is 19.8. The van der Waals surface area contributed by atoms with Crippen LogP contribution in [0.25, 0.3) is 0 Å². The molecule has 0 bridgehead atoms. The SMILES string of the molecule is COc1ccc(NC(=S)NNC(=O)c2ccc(OC(C)C)c(OC)c2)cc1. The van der Waals surface area contributed by atoms with Crippen molar-refractivity contribution in [1.82, 2.24) is 10.9 Å². The van der Waals surface area contributed by atoms with E-state index < -0.39 is 0 Å². The third-order valence-corrected chi connectivity index (χ3v) is 3.63. The van der Waals surface area contributed by atoms with Gasteiger partial charge in [-0.1, -0.05) is 0 Å². The molecule has 144 valence electrons. The molecule has 7 nitrogen and oxygen atoms in total. The standard InChI is InChI=1S/C19H23N3O4S/c1-12(2)26-16-10-5-13(11-17(16)25-4)18(23)21-22-19(27)20-14-6-8-15(24-3)9-7-14/h5-12H,1-4H3,(H,21,23)(H2,20,22,27). The van der Waals surface area contributed by atoms with E-state index in [2.05, 4.69) is 16.2 Å². The summed E-state index contributed by atoms with van der Waals surface area (Å²) in [5.41, 5.74) is 6.37. The molecule has 0 saturated carbocycles. The fourth-order valence-corrected chi connectivity index (χ4v) is 2.35. The summed E-state index contributed by atoms with van der Waals surface area (Å²) >= 11 is 5.17. The van der Waals surface area contributed by atoms with Gasteiger partial charge in [0.05, 0.1) is 20.3 Å². The van der Waals surface area contributed by atoms with E-state index in [1.54, 1.807) is 37.4 Å². The molecule has 2 aromatic carbocycles. The molecule has 2 rings (SSSR count). The Morgan fingerprint density at radius 3 is 2.26 bits per heavy atom. The number of hydrogen-bond donors (Lipinski definition) is 3. The second-order valence-electron chi connectivity index (χ2n) is 5.79. The Morgan fingerprint density at radius 2 is 1.67 bits per heavy atom. The number of hydrogen-bond acceptors (Lipinski definition) is 5. The molecule has 0 unspecified atom stereocenters. The third-order valence-electron chi connectivity index (χ3n) is 3.43. The lowest BCUT2D eigenvalue weighted by Crippen LogP contribution is -2.43. The van der Waals surface area contributed by atoms with E-state index in [1.807, 2.05) is 26.0 Å². The zero-order valence-corrected chi connectivity index (χ0v) is 16.5. The number of amides is 1. The average Bonchev–Trinajstić information content (AvgIpc) is 2.66. The summed E-state index contributed by atoms with van der Waals surface area (Å²) < 4.78 is 16.0. The van der Waals surface area contributed by atoms with Crippen LogP contribution in [0.15, 0.2) is 42.5 Å². The Labute approximate surface area is 164 Å². The van der Waals surface area contributed by atoms with Crippen molar-refractivity contribution in [3.63, 3.8) is 0 Å². The van der Waals surface area contributed by atoms with Crippen LogP contribution < -0.4 is 30.4 Å². The Hall–Kier alpha value is -3.00. The van der Waals surface area contributed by atoms with Crippen molar-refractivity contribution in [2.75, 3.05) is 19.5 Å². The molecule has 0 spiro atoms. The first-order valence-corrected chi connectivity index (χ1v) is 8.70. The van der Waals surface area contributed by atoms with Gasteiger partial charge < -0.3 is 19.5 Å². The smallest absolute Gasteiger partial charge is 0.269 e. The average molecular weight is 389 g/mol. The number of carbonyl (C=O) groups is 1. The minimum Gasteiger partial charge on any atom is -0.497 e. The van der Waals surface area contributed by atoms with E-state index >= 15 is 0 Å². The minimum atomic E-state index is -0.358. The van der Waals surface area contributed by atoms with Crippen LogP contribution in [0.1, 0.15) is 24.2 Å². The maximum atomic E-state index is 12.3. The van der Waals surface area contributed by atoms with E-state index in [1.165, 1.54) is 7.11 Å². The van der Waals surface area contributed by atoms with Crippen LogP contribution in [0, 0.1) is 0 Å². The quantitative estimate of drug-likeness (QED) is 0.517. The number of benzene rings is 2. The van der Waals surface area contributed by atoms with Gasteiger partial charge in [0.15, 0.2) is 16.6 Å². The highest BCUT2D eigenvalue weighted by Crippen LogP contribution is 2.28. The first-order chi connectivity index (χ1) is 12.9. The van der Waals surface area contributed by atoms with Crippen molar-refractivity contribution in [3.8, 4) is 17.2 Å². The maximum Gasteiger partial charge on any atom is 0.269 e. The Morgan fingerprint density at radius 1 is 0.963 bits per heavy atom. The molecule has 0 aromatic heterocycles. The molecule has 27 heavy (non-hydrogen) atoms. The van der Waals surface area contributed by atoms with Crippen molar-refractivity contribution in [2.24, 2.45) is 0 Å². The summed E-state index contributed by atoms with van der Waals surface area (Å²) in [7, 11) is 3.12. The summed E-state index contributed by atoms with van der Waals surface area (Å²) in [5, 5.41) is 3.21. The molecule has 2 aromatic rings. The van der Waals surface area contributed by atoms with Crippen LogP contribution >= 0.6 is 12.2 Å². The van der Waals surface area contributed by atoms with Gasteiger partial charge in [0.25, 0.3) is 5.91 Å². The molecule has 0 aliphatic heterocycles.